The number of oxazole rings is 1. The minimum atomic E-state index is -4.03. The van der Waals surface area contributed by atoms with E-state index in [1.54, 1.807) is 50.4 Å². The molecular formula is C25H23FN2O4S. The van der Waals surface area contributed by atoms with Gasteiger partial charge in [0.1, 0.15) is 11.6 Å². The minimum absolute atomic E-state index is 0.00156. The van der Waals surface area contributed by atoms with Gasteiger partial charge in [0.2, 0.25) is 20.8 Å². The number of hydrogen-bond acceptors (Lipinski definition) is 6. The van der Waals surface area contributed by atoms with Crippen molar-refractivity contribution in [1.29, 1.82) is 0 Å². The van der Waals surface area contributed by atoms with Crippen molar-refractivity contribution in [3.63, 3.8) is 0 Å². The highest BCUT2D eigenvalue weighted by Crippen LogP contribution is 2.34. The van der Waals surface area contributed by atoms with E-state index in [9.17, 15) is 12.8 Å². The van der Waals surface area contributed by atoms with Crippen LogP contribution in [0.1, 0.15) is 22.9 Å². The maximum Gasteiger partial charge on any atom is 0.228 e. The van der Waals surface area contributed by atoms with Crippen LogP contribution in [0.15, 0.2) is 87.1 Å². The summed E-state index contributed by atoms with van der Waals surface area (Å²) in [5.74, 6) is 0.239. The number of nitrogens with zero attached hydrogens (tertiary/aromatic N) is 1. The van der Waals surface area contributed by atoms with Gasteiger partial charge in [-0.1, -0.05) is 36.4 Å². The number of benzene rings is 3. The van der Waals surface area contributed by atoms with E-state index in [1.807, 2.05) is 12.1 Å². The molecule has 1 aromatic heterocycles. The fraction of sp³-hybridized carbons (Fsp3) is 0.160. The summed E-state index contributed by atoms with van der Waals surface area (Å²) in [6.45, 7) is 1.77. The summed E-state index contributed by atoms with van der Waals surface area (Å²) >= 11 is 0. The van der Waals surface area contributed by atoms with Gasteiger partial charge in [0, 0.05) is 5.56 Å². The van der Waals surface area contributed by atoms with E-state index < -0.39 is 21.7 Å². The number of hydrogen-bond donors (Lipinski definition) is 1. The molecule has 0 saturated carbocycles. The van der Waals surface area contributed by atoms with Crippen LogP contribution in [0.2, 0.25) is 0 Å². The molecule has 0 aliphatic rings. The highest BCUT2D eigenvalue weighted by molar-refractivity contribution is 7.91. The molecule has 0 spiro atoms. The summed E-state index contributed by atoms with van der Waals surface area (Å²) in [5.41, 5.74) is 8.35. The van der Waals surface area contributed by atoms with Gasteiger partial charge in [-0.15, -0.1) is 0 Å². The first-order chi connectivity index (χ1) is 15.8. The molecule has 0 radical (unpaired) electrons. The van der Waals surface area contributed by atoms with Gasteiger partial charge < -0.3 is 14.9 Å². The molecule has 0 saturated heterocycles. The van der Waals surface area contributed by atoms with Crippen LogP contribution in [0.3, 0.4) is 0 Å². The summed E-state index contributed by atoms with van der Waals surface area (Å²) in [6, 6.07) is 18.6. The molecule has 0 aliphatic heterocycles. The number of methoxy groups -OCH3 is 1. The standard InChI is InChI=1S/C25H23FN2O4S/c1-16-8-11-18(26)15-21(16)24-28-25(33(29,30)20-6-4-3-5-7-20)23(32-24)22(27)14-17-9-12-19(31-2)13-10-17/h3-13,15,22H,14,27H2,1-2H3. The highest BCUT2D eigenvalue weighted by atomic mass is 32.2. The second-order valence-electron chi connectivity index (χ2n) is 7.62. The molecule has 1 unspecified atom stereocenters. The van der Waals surface area contributed by atoms with Gasteiger partial charge in [-0.3, -0.25) is 0 Å². The zero-order valence-corrected chi connectivity index (χ0v) is 19.0. The Morgan fingerprint density at radius 2 is 1.76 bits per heavy atom. The van der Waals surface area contributed by atoms with E-state index in [1.165, 1.54) is 24.3 Å². The maximum absolute atomic E-state index is 13.9. The molecule has 33 heavy (non-hydrogen) atoms. The van der Waals surface area contributed by atoms with Crippen LogP contribution < -0.4 is 10.5 Å². The first-order valence-electron chi connectivity index (χ1n) is 10.3. The molecule has 170 valence electrons. The molecule has 6 nitrogen and oxygen atoms in total. The summed E-state index contributed by atoms with van der Waals surface area (Å²) in [5, 5.41) is -0.270. The first kappa shape index (κ1) is 22.7. The average molecular weight is 467 g/mol. The summed E-state index contributed by atoms with van der Waals surface area (Å²) in [7, 11) is -2.45. The molecule has 0 amide bonds. The van der Waals surface area contributed by atoms with Gasteiger partial charge in [-0.05, 0) is 60.9 Å². The van der Waals surface area contributed by atoms with Crippen LogP contribution in [-0.4, -0.2) is 20.5 Å². The van der Waals surface area contributed by atoms with E-state index in [-0.39, 0.29) is 21.6 Å². The zero-order valence-electron chi connectivity index (χ0n) is 18.2. The van der Waals surface area contributed by atoms with Crippen molar-refractivity contribution >= 4 is 9.84 Å². The van der Waals surface area contributed by atoms with Crippen LogP contribution in [0.4, 0.5) is 4.39 Å². The number of rotatable bonds is 7. The lowest BCUT2D eigenvalue weighted by Crippen LogP contribution is -2.16. The molecule has 4 aromatic rings. The molecule has 4 rings (SSSR count). The Balaban J connectivity index is 1.81. The van der Waals surface area contributed by atoms with Crippen LogP contribution in [0, 0.1) is 12.7 Å². The maximum atomic E-state index is 13.9. The molecule has 0 aliphatic carbocycles. The second-order valence-corrected chi connectivity index (χ2v) is 9.49. The normalized spacial score (nSPS) is 12.5. The smallest absolute Gasteiger partial charge is 0.228 e. The Hall–Kier alpha value is -3.49. The van der Waals surface area contributed by atoms with E-state index in [0.717, 1.165) is 5.56 Å². The topological polar surface area (TPSA) is 95.4 Å². The summed E-state index contributed by atoms with van der Waals surface area (Å²) in [6.07, 6.45) is 0.304. The predicted molar refractivity (Wildman–Crippen MR) is 122 cm³/mol. The van der Waals surface area contributed by atoms with Crippen molar-refractivity contribution in [3.8, 4) is 17.2 Å². The third-order valence-electron chi connectivity index (χ3n) is 5.31. The Morgan fingerprint density at radius 1 is 1.06 bits per heavy atom. The summed E-state index contributed by atoms with van der Waals surface area (Å²) < 4.78 is 51.9. The van der Waals surface area contributed by atoms with Crippen LogP contribution >= 0.6 is 0 Å². The van der Waals surface area contributed by atoms with Gasteiger partial charge >= 0.3 is 0 Å². The van der Waals surface area contributed by atoms with Crippen molar-refractivity contribution in [2.24, 2.45) is 5.73 Å². The van der Waals surface area contributed by atoms with Gasteiger partial charge in [-0.25, -0.2) is 12.8 Å². The molecule has 1 atom stereocenters. The molecule has 0 fully saturated rings. The number of sulfone groups is 1. The Kier molecular flexibility index (Phi) is 6.31. The van der Waals surface area contributed by atoms with Crippen molar-refractivity contribution in [3.05, 3.63) is 95.5 Å². The monoisotopic (exact) mass is 466 g/mol. The zero-order chi connectivity index (χ0) is 23.6. The molecule has 1 heterocycles. The third kappa shape index (κ3) is 4.67. The number of halogens is 1. The third-order valence-corrected chi connectivity index (χ3v) is 7.00. The van der Waals surface area contributed by atoms with Crippen LogP contribution in [0.5, 0.6) is 5.75 Å². The lowest BCUT2D eigenvalue weighted by atomic mass is 10.1. The highest BCUT2D eigenvalue weighted by Gasteiger charge is 2.31. The van der Waals surface area contributed by atoms with Gasteiger partial charge in [0.15, 0.2) is 5.76 Å². The quantitative estimate of drug-likeness (QED) is 0.417. The Morgan fingerprint density at radius 3 is 2.42 bits per heavy atom. The predicted octanol–water partition coefficient (Wildman–Crippen LogP) is 4.87. The molecule has 2 N–H and O–H groups in total. The number of aryl methyl sites for hydroxylation is 1. The SMILES string of the molecule is COc1ccc(CC(N)c2oc(-c3cc(F)ccc3C)nc2S(=O)(=O)c2ccccc2)cc1. The first-order valence-corrected chi connectivity index (χ1v) is 11.7. The lowest BCUT2D eigenvalue weighted by molar-refractivity contribution is 0.414. The Bertz CT molecular complexity index is 1370. The fourth-order valence-corrected chi connectivity index (χ4v) is 4.90. The Labute approximate surface area is 191 Å². The van der Waals surface area contributed by atoms with Crippen molar-refractivity contribution < 1.29 is 22.0 Å². The van der Waals surface area contributed by atoms with E-state index in [2.05, 4.69) is 4.98 Å². The number of ether oxygens (including phenoxy) is 1. The number of aromatic nitrogens is 1. The largest absolute Gasteiger partial charge is 0.497 e. The van der Waals surface area contributed by atoms with Gasteiger partial charge in [0.25, 0.3) is 0 Å². The molecule has 0 bridgehead atoms. The van der Waals surface area contributed by atoms with Crippen molar-refractivity contribution in [1.82, 2.24) is 4.98 Å². The van der Waals surface area contributed by atoms with Crippen LogP contribution in [0.25, 0.3) is 11.5 Å². The average Bonchev–Trinajstić information content (AvgIpc) is 3.28. The van der Waals surface area contributed by atoms with Gasteiger partial charge in [-0.2, -0.15) is 4.98 Å². The molecular weight excluding hydrogens is 443 g/mol. The van der Waals surface area contributed by atoms with Crippen molar-refractivity contribution in [2.75, 3.05) is 7.11 Å². The molecule has 8 heteroatoms. The fourth-order valence-electron chi connectivity index (χ4n) is 3.50. The second kappa shape index (κ2) is 9.17. The van der Waals surface area contributed by atoms with E-state index in [4.69, 9.17) is 14.9 Å². The molecule has 3 aromatic carbocycles. The van der Waals surface area contributed by atoms with E-state index in [0.29, 0.717) is 23.3 Å². The number of nitrogens with two attached hydrogens (primary N) is 1. The van der Waals surface area contributed by atoms with E-state index >= 15 is 0 Å². The minimum Gasteiger partial charge on any atom is -0.497 e. The van der Waals surface area contributed by atoms with Crippen LogP contribution in [-0.2, 0) is 16.3 Å². The lowest BCUT2D eigenvalue weighted by Gasteiger charge is -2.11. The summed E-state index contributed by atoms with van der Waals surface area (Å²) in [4.78, 5) is 4.37. The van der Waals surface area contributed by atoms with Gasteiger partial charge in [0.05, 0.1) is 18.0 Å². The van der Waals surface area contributed by atoms with Crippen molar-refractivity contribution in [2.45, 2.75) is 29.3 Å².